The second-order valence-electron chi connectivity index (χ2n) is 4.63. The molecule has 0 aliphatic rings. The summed E-state index contributed by atoms with van der Waals surface area (Å²) in [6.45, 7) is 4.18. The average molecular weight is 259 g/mol. The molecular formula is C12H16ClFN2O. The van der Waals surface area contributed by atoms with E-state index in [1.807, 2.05) is 13.8 Å². The van der Waals surface area contributed by atoms with Crippen molar-refractivity contribution in [1.82, 2.24) is 5.32 Å². The predicted octanol–water partition coefficient (Wildman–Crippen LogP) is 2.22. The van der Waals surface area contributed by atoms with E-state index in [0.29, 0.717) is 6.54 Å². The average Bonchev–Trinajstić information content (AvgIpc) is 2.18. The molecule has 1 rings (SSSR count). The zero-order valence-corrected chi connectivity index (χ0v) is 10.6. The van der Waals surface area contributed by atoms with Gasteiger partial charge in [0, 0.05) is 18.5 Å². The minimum Gasteiger partial charge on any atom is -0.370 e. The number of carbonyl (C=O) groups is 1. The molecule has 1 aromatic carbocycles. The highest BCUT2D eigenvalue weighted by atomic mass is 35.5. The van der Waals surface area contributed by atoms with E-state index in [1.54, 1.807) is 6.07 Å². The highest BCUT2D eigenvalue weighted by molar-refractivity contribution is 6.30. The Morgan fingerprint density at radius 3 is 2.71 bits per heavy atom. The van der Waals surface area contributed by atoms with Crippen LogP contribution in [0.25, 0.3) is 0 Å². The van der Waals surface area contributed by atoms with Crippen LogP contribution in [-0.2, 0) is 11.3 Å². The Labute approximate surface area is 105 Å². The Hall–Kier alpha value is -1.13. The molecule has 0 radical (unpaired) electrons. The van der Waals surface area contributed by atoms with Gasteiger partial charge in [-0.3, -0.25) is 4.79 Å². The smallest absolute Gasteiger partial charge is 0.219 e. The molecule has 0 aliphatic heterocycles. The largest absolute Gasteiger partial charge is 0.370 e. The van der Waals surface area contributed by atoms with Crippen molar-refractivity contribution in [3.05, 3.63) is 34.6 Å². The van der Waals surface area contributed by atoms with E-state index in [2.05, 4.69) is 5.32 Å². The maximum atomic E-state index is 13.2. The van der Waals surface area contributed by atoms with Crippen LogP contribution in [0.2, 0.25) is 5.02 Å². The molecule has 0 aromatic heterocycles. The van der Waals surface area contributed by atoms with E-state index in [1.165, 1.54) is 12.1 Å². The summed E-state index contributed by atoms with van der Waals surface area (Å²) in [5.41, 5.74) is 5.49. The zero-order valence-electron chi connectivity index (χ0n) is 9.89. The molecule has 0 aliphatic carbocycles. The fraction of sp³-hybridized carbons (Fsp3) is 0.417. The van der Waals surface area contributed by atoms with Crippen molar-refractivity contribution in [2.75, 3.05) is 0 Å². The molecule has 0 saturated carbocycles. The third-order valence-corrected chi connectivity index (χ3v) is 2.68. The van der Waals surface area contributed by atoms with Crippen LogP contribution in [0.1, 0.15) is 25.8 Å². The monoisotopic (exact) mass is 258 g/mol. The molecule has 17 heavy (non-hydrogen) atoms. The van der Waals surface area contributed by atoms with Gasteiger partial charge in [0.25, 0.3) is 0 Å². The van der Waals surface area contributed by atoms with Crippen molar-refractivity contribution in [3.63, 3.8) is 0 Å². The number of benzene rings is 1. The predicted molar refractivity (Wildman–Crippen MR) is 66.1 cm³/mol. The van der Waals surface area contributed by atoms with E-state index in [-0.39, 0.29) is 17.4 Å². The van der Waals surface area contributed by atoms with Crippen molar-refractivity contribution >= 4 is 17.5 Å². The van der Waals surface area contributed by atoms with Gasteiger partial charge in [0.15, 0.2) is 0 Å². The lowest BCUT2D eigenvalue weighted by Gasteiger charge is -2.24. The highest BCUT2D eigenvalue weighted by Gasteiger charge is 2.19. The van der Waals surface area contributed by atoms with Gasteiger partial charge in [-0.05, 0) is 31.5 Å². The number of carbonyl (C=O) groups excluding carboxylic acids is 1. The van der Waals surface area contributed by atoms with Crippen LogP contribution in [0.3, 0.4) is 0 Å². The van der Waals surface area contributed by atoms with Crippen LogP contribution in [0.15, 0.2) is 18.2 Å². The summed E-state index contributed by atoms with van der Waals surface area (Å²) < 4.78 is 13.2. The molecule has 5 heteroatoms. The Morgan fingerprint density at radius 2 is 2.18 bits per heavy atom. The molecule has 0 unspecified atom stereocenters. The third-order valence-electron chi connectivity index (χ3n) is 2.37. The van der Waals surface area contributed by atoms with Crippen LogP contribution in [0.5, 0.6) is 0 Å². The molecule has 94 valence electrons. The summed E-state index contributed by atoms with van der Waals surface area (Å²) in [5, 5.41) is 3.24. The molecule has 3 N–H and O–H groups in total. The Morgan fingerprint density at radius 1 is 1.53 bits per heavy atom. The van der Waals surface area contributed by atoms with E-state index >= 15 is 0 Å². The lowest BCUT2D eigenvalue weighted by atomic mass is 10.00. The number of amides is 1. The fourth-order valence-electron chi connectivity index (χ4n) is 1.49. The quantitative estimate of drug-likeness (QED) is 0.851. The Balaban J connectivity index is 2.60. The topological polar surface area (TPSA) is 55.1 Å². The zero-order chi connectivity index (χ0) is 13.1. The van der Waals surface area contributed by atoms with Crippen LogP contribution < -0.4 is 11.1 Å². The Bertz CT molecular complexity index is 421. The van der Waals surface area contributed by atoms with Gasteiger partial charge in [0.2, 0.25) is 5.91 Å². The summed E-state index contributed by atoms with van der Waals surface area (Å²) in [7, 11) is 0. The third kappa shape index (κ3) is 4.71. The number of rotatable bonds is 5. The Kier molecular flexibility index (Phi) is 4.48. The second-order valence-corrected chi connectivity index (χ2v) is 5.04. The molecule has 0 fully saturated rings. The van der Waals surface area contributed by atoms with Crippen molar-refractivity contribution in [2.45, 2.75) is 32.4 Å². The molecule has 0 heterocycles. The number of hydrogen-bond donors (Lipinski definition) is 2. The molecule has 1 aromatic rings. The number of nitrogens with two attached hydrogens (primary N) is 1. The molecule has 0 spiro atoms. The van der Waals surface area contributed by atoms with Gasteiger partial charge < -0.3 is 11.1 Å². The summed E-state index contributed by atoms with van der Waals surface area (Å²) in [6, 6.07) is 4.61. The first-order valence-electron chi connectivity index (χ1n) is 5.27. The van der Waals surface area contributed by atoms with Crippen LogP contribution in [-0.4, -0.2) is 11.4 Å². The lowest BCUT2D eigenvalue weighted by molar-refractivity contribution is -0.119. The van der Waals surface area contributed by atoms with Gasteiger partial charge >= 0.3 is 0 Å². The van der Waals surface area contributed by atoms with Gasteiger partial charge in [0.05, 0.1) is 5.02 Å². The first-order valence-corrected chi connectivity index (χ1v) is 5.65. The van der Waals surface area contributed by atoms with Crippen molar-refractivity contribution < 1.29 is 9.18 Å². The van der Waals surface area contributed by atoms with Gasteiger partial charge in [-0.15, -0.1) is 0 Å². The van der Waals surface area contributed by atoms with Gasteiger partial charge in [-0.25, -0.2) is 4.39 Å². The summed E-state index contributed by atoms with van der Waals surface area (Å²) >= 11 is 5.58. The minimum absolute atomic E-state index is 0.102. The molecule has 0 atom stereocenters. The van der Waals surface area contributed by atoms with E-state index in [4.69, 9.17) is 17.3 Å². The number of halogens is 2. The molecule has 0 bridgehead atoms. The van der Waals surface area contributed by atoms with Gasteiger partial charge in [-0.2, -0.15) is 0 Å². The normalized spacial score (nSPS) is 11.5. The van der Waals surface area contributed by atoms with Gasteiger partial charge in [-0.1, -0.05) is 17.7 Å². The standard InChI is InChI=1S/C12H16ClFN2O/c1-12(2,6-11(15)17)16-7-8-3-4-9(13)10(14)5-8/h3-5,16H,6-7H2,1-2H3,(H2,15,17). The SMILES string of the molecule is CC(C)(CC(N)=O)NCc1ccc(Cl)c(F)c1. The maximum absolute atomic E-state index is 13.2. The number of nitrogens with one attached hydrogen (secondary N) is 1. The lowest BCUT2D eigenvalue weighted by Crippen LogP contribution is -2.42. The number of primary amides is 1. The van der Waals surface area contributed by atoms with Crippen molar-refractivity contribution in [2.24, 2.45) is 5.73 Å². The summed E-state index contributed by atoms with van der Waals surface area (Å²) in [6.07, 6.45) is 0.225. The van der Waals surface area contributed by atoms with E-state index in [9.17, 15) is 9.18 Å². The van der Waals surface area contributed by atoms with Crippen LogP contribution in [0.4, 0.5) is 4.39 Å². The minimum atomic E-state index is -0.446. The number of hydrogen-bond acceptors (Lipinski definition) is 2. The molecular weight excluding hydrogens is 243 g/mol. The summed E-state index contributed by atoms with van der Waals surface area (Å²) in [5.74, 6) is -0.816. The first-order chi connectivity index (χ1) is 7.80. The maximum Gasteiger partial charge on any atom is 0.219 e. The van der Waals surface area contributed by atoms with Crippen molar-refractivity contribution in [3.8, 4) is 0 Å². The van der Waals surface area contributed by atoms with Crippen LogP contribution in [0, 0.1) is 5.82 Å². The first kappa shape index (κ1) is 13.9. The molecule has 1 amide bonds. The van der Waals surface area contributed by atoms with E-state index in [0.717, 1.165) is 5.56 Å². The van der Waals surface area contributed by atoms with Crippen molar-refractivity contribution in [1.29, 1.82) is 0 Å². The fourth-order valence-corrected chi connectivity index (χ4v) is 1.61. The summed E-state index contributed by atoms with van der Waals surface area (Å²) in [4.78, 5) is 10.8. The second kappa shape index (κ2) is 5.47. The highest BCUT2D eigenvalue weighted by Crippen LogP contribution is 2.16. The molecule has 0 saturated heterocycles. The molecule has 3 nitrogen and oxygen atoms in total. The van der Waals surface area contributed by atoms with E-state index < -0.39 is 11.4 Å². The van der Waals surface area contributed by atoms with Gasteiger partial charge in [0.1, 0.15) is 5.82 Å². The van der Waals surface area contributed by atoms with Crippen LogP contribution >= 0.6 is 11.6 Å².